The van der Waals surface area contributed by atoms with Gasteiger partial charge in [0.15, 0.2) is 0 Å². The molecular formula is C11H5Br3FNO. The first kappa shape index (κ1) is 13.0. The fraction of sp³-hybridized carbons (Fsp3) is 0. The van der Waals surface area contributed by atoms with Gasteiger partial charge in [-0.15, -0.1) is 0 Å². The van der Waals surface area contributed by atoms with Crippen LogP contribution in [0.4, 0.5) is 4.39 Å². The molecule has 0 atom stereocenters. The molecule has 1 aromatic carbocycles. The van der Waals surface area contributed by atoms with Crippen LogP contribution >= 0.6 is 47.8 Å². The second kappa shape index (κ2) is 5.46. The van der Waals surface area contributed by atoms with E-state index in [4.69, 9.17) is 4.74 Å². The molecule has 0 saturated carbocycles. The molecule has 0 bridgehead atoms. The number of ether oxygens (including phenoxy) is 1. The number of hydrogen-bond acceptors (Lipinski definition) is 2. The summed E-state index contributed by atoms with van der Waals surface area (Å²) in [6.07, 6.45) is 1.62. The van der Waals surface area contributed by atoms with Gasteiger partial charge in [-0.05, 0) is 72.1 Å². The molecule has 0 unspecified atom stereocenters. The number of rotatable bonds is 2. The minimum absolute atomic E-state index is 0.333. The van der Waals surface area contributed by atoms with Gasteiger partial charge in [0.2, 0.25) is 5.88 Å². The standard InChI is InChI=1S/C11H5Br3FNO/c12-6-3-9(14)11(16-5-6)17-7-1-2-10(15)8(13)4-7/h1-5H. The van der Waals surface area contributed by atoms with E-state index in [-0.39, 0.29) is 5.82 Å². The zero-order chi connectivity index (χ0) is 12.4. The Kier molecular flexibility index (Phi) is 4.17. The predicted molar refractivity (Wildman–Crippen MR) is 73.8 cm³/mol. The highest BCUT2D eigenvalue weighted by Crippen LogP contribution is 2.31. The number of aromatic nitrogens is 1. The summed E-state index contributed by atoms with van der Waals surface area (Å²) in [6.45, 7) is 0. The van der Waals surface area contributed by atoms with Crippen molar-refractivity contribution in [2.75, 3.05) is 0 Å². The molecule has 0 aliphatic rings. The molecule has 1 heterocycles. The first-order valence-electron chi connectivity index (χ1n) is 4.50. The smallest absolute Gasteiger partial charge is 0.233 e. The van der Waals surface area contributed by atoms with Crippen molar-refractivity contribution in [3.63, 3.8) is 0 Å². The molecule has 0 saturated heterocycles. The molecule has 0 fully saturated rings. The van der Waals surface area contributed by atoms with Gasteiger partial charge in [0.25, 0.3) is 0 Å². The molecule has 0 N–H and O–H groups in total. The number of pyridine rings is 1. The molecule has 1 aromatic heterocycles. The summed E-state index contributed by atoms with van der Waals surface area (Å²) in [4.78, 5) is 4.10. The molecule has 0 aliphatic carbocycles. The molecule has 0 spiro atoms. The highest BCUT2D eigenvalue weighted by atomic mass is 79.9. The Hall–Kier alpha value is -0.460. The lowest BCUT2D eigenvalue weighted by atomic mass is 10.3. The highest BCUT2D eigenvalue weighted by molar-refractivity contribution is 9.11. The molecule has 2 aromatic rings. The summed E-state index contributed by atoms with van der Waals surface area (Å²) in [5, 5.41) is 0. The third kappa shape index (κ3) is 3.26. The van der Waals surface area contributed by atoms with Crippen molar-refractivity contribution < 1.29 is 9.13 Å². The Bertz CT molecular complexity index is 562. The van der Waals surface area contributed by atoms with Crippen molar-refractivity contribution in [3.8, 4) is 11.6 Å². The van der Waals surface area contributed by atoms with E-state index in [1.807, 2.05) is 6.07 Å². The Morgan fingerprint density at radius 2 is 1.82 bits per heavy atom. The van der Waals surface area contributed by atoms with Gasteiger partial charge >= 0.3 is 0 Å². The maximum Gasteiger partial charge on any atom is 0.233 e. The first-order valence-corrected chi connectivity index (χ1v) is 6.88. The summed E-state index contributed by atoms with van der Waals surface area (Å²) in [7, 11) is 0. The quantitative estimate of drug-likeness (QED) is 0.651. The molecule has 6 heteroatoms. The van der Waals surface area contributed by atoms with Crippen molar-refractivity contribution in [1.82, 2.24) is 4.98 Å². The van der Waals surface area contributed by atoms with Crippen LogP contribution < -0.4 is 4.74 Å². The van der Waals surface area contributed by atoms with Gasteiger partial charge in [0.1, 0.15) is 11.6 Å². The van der Waals surface area contributed by atoms with Crippen LogP contribution in [0.3, 0.4) is 0 Å². The molecule has 0 amide bonds. The van der Waals surface area contributed by atoms with Gasteiger partial charge in [-0.3, -0.25) is 0 Å². The van der Waals surface area contributed by atoms with E-state index in [0.29, 0.717) is 20.6 Å². The number of halogens is 4. The second-order valence-corrected chi connectivity index (χ2v) is 5.74. The van der Waals surface area contributed by atoms with Crippen LogP contribution in [0.15, 0.2) is 43.9 Å². The van der Waals surface area contributed by atoms with Crippen LogP contribution in [0.1, 0.15) is 0 Å². The van der Waals surface area contributed by atoms with Gasteiger partial charge in [-0.1, -0.05) is 0 Å². The van der Waals surface area contributed by atoms with E-state index in [9.17, 15) is 4.39 Å². The average molecular weight is 426 g/mol. The van der Waals surface area contributed by atoms with Gasteiger partial charge in [0, 0.05) is 10.7 Å². The van der Waals surface area contributed by atoms with Crippen LogP contribution in [-0.2, 0) is 0 Å². The lowest BCUT2D eigenvalue weighted by molar-refractivity contribution is 0.457. The average Bonchev–Trinajstić information content (AvgIpc) is 2.27. The van der Waals surface area contributed by atoms with Crippen LogP contribution in [0.5, 0.6) is 11.6 Å². The van der Waals surface area contributed by atoms with E-state index in [2.05, 4.69) is 52.8 Å². The van der Waals surface area contributed by atoms with Crippen LogP contribution in [0.2, 0.25) is 0 Å². The van der Waals surface area contributed by atoms with Crippen molar-refractivity contribution in [2.45, 2.75) is 0 Å². The van der Waals surface area contributed by atoms with E-state index >= 15 is 0 Å². The second-order valence-electron chi connectivity index (χ2n) is 3.12. The third-order valence-corrected chi connectivity index (χ3v) is 3.49. The molecule has 17 heavy (non-hydrogen) atoms. The maximum atomic E-state index is 13.0. The van der Waals surface area contributed by atoms with Crippen molar-refractivity contribution in [2.24, 2.45) is 0 Å². The molecule has 0 aliphatic heterocycles. The molecular weight excluding hydrogens is 421 g/mol. The largest absolute Gasteiger partial charge is 0.438 e. The molecule has 88 valence electrons. The summed E-state index contributed by atoms with van der Waals surface area (Å²) >= 11 is 9.73. The first-order chi connectivity index (χ1) is 8.06. The summed E-state index contributed by atoms with van der Waals surface area (Å²) in [6, 6.07) is 6.23. The van der Waals surface area contributed by atoms with E-state index in [0.717, 1.165) is 4.47 Å². The van der Waals surface area contributed by atoms with Crippen molar-refractivity contribution in [1.29, 1.82) is 0 Å². The zero-order valence-corrected chi connectivity index (χ0v) is 13.0. The SMILES string of the molecule is Fc1ccc(Oc2ncc(Br)cc2Br)cc1Br. The minimum atomic E-state index is -0.333. The number of hydrogen-bond donors (Lipinski definition) is 0. The molecule has 0 radical (unpaired) electrons. The summed E-state index contributed by atoms with van der Waals surface area (Å²) < 4.78 is 20.5. The maximum absolute atomic E-state index is 13.0. The van der Waals surface area contributed by atoms with Crippen molar-refractivity contribution in [3.05, 3.63) is 49.7 Å². The van der Waals surface area contributed by atoms with Crippen LogP contribution in [-0.4, -0.2) is 4.98 Å². The Balaban J connectivity index is 2.28. The van der Waals surface area contributed by atoms with Gasteiger partial charge in [-0.2, -0.15) is 0 Å². The fourth-order valence-electron chi connectivity index (χ4n) is 1.13. The van der Waals surface area contributed by atoms with Gasteiger partial charge in [-0.25, -0.2) is 9.37 Å². The summed E-state index contributed by atoms with van der Waals surface area (Å²) in [5.74, 6) is 0.598. The van der Waals surface area contributed by atoms with Gasteiger partial charge in [0.05, 0.1) is 8.95 Å². The minimum Gasteiger partial charge on any atom is -0.438 e. The third-order valence-electron chi connectivity index (χ3n) is 1.88. The van der Waals surface area contributed by atoms with Gasteiger partial charge < -0.3 is 4.74 Å². The lowest BCUT2D eigenvalue weighted by Crippen LogP contribution is -1.90. The van der Waals surface area contributed by atoms with Crippen LogP contribution in [0, 0.1) is 5.82 Å². The molecule has 2 nitrogen and oxygen atoms in total. The fourth-order valence-corrected chi connectivity index (χ4v) is 2.56. The van der Waals surface area contributed by atoms with Crippen molar-refractivity contribution >= 4 is 47.8 Å². The topological polar surface area (TPSA) is 22.1 Å². The monoisotopic (exact) mass is 423 g/mol. The Labute approximate surface area is 123 Å². The van der Waals surface area contributed by atoms with E-state index in [1.54, 1.807) is 12.3 Å². The van der Waals surface area contributed by atoms with E-state index in [1.165, 1.54) is 12.1 Å². The Morgan fingerprint density at radius 3 is 2.47 bits per heavy atom. The normalized spacial score (nSPS) is 10.4. The van der Waals surface area contributed by atoms with E-state index < -0.39 is 0 Å². The highest BCUT2D eigenvalue weighted by Gasteiger charge is 2.07. The summed E-state index contributed by atoms with van der Waals surface area (Å²) in [5.41, 5.74) is 0. The van der Waals surface area contributed by atoms with Crippen LogP contribution in [0.25, 0.3) is 0 Å². The number of nitrogens with zero attached hydrogens (tertiary/aromatic N) is 1. The lowest BCUT2D eigenvalue weighted by Gasteiger charge is -2.07. The Morgan fingerprint density at radius 1 is 1.06 bits per heavy atom. The molecule has 2 rings (SSSR count). The zero-order valence-electron chi connectivity index (χ0n) is 8.25. The predicted octanol–water partition coefficient (Wildman–Crippen LogP) is 5.30. The number of benzene rings is 1.